The zero-order valence-electron chi connectivity index (χ0n) is 16.7. The molecule has 148 valence electrons. The first kappa shape index (κ1) is 20.1. The number of rotatable bonds is 5. The molecule has 0 aliphatic heterocycles. The van der Waals surface area contributed by atoms with E-state index in [9.17, 15) is 19.8 Å². The van der Waals surface area contributed by atoms with Crippen molar-refractivity contribution in [3.8, 4) is 28.0 Å². The van der Waals surface area contributed by atoms with E-state index in [4.69, 9.17) is 4.74 Å². The molecule has 29 heavy (non-hydrogen) atoms. The average Bonchev–Trinajstić information content (AvgIpc) is 3.01. The van der Waals surface area contributed by atoms with Gasteiger partial charge in [-0.25, -0.2) is 9.59 Å². The second-order valence-electron chi connectivity index (χ2n) is 7.05. The van der Waals surface area contributed by atoms with Crippen molar-refractivity contribution in [3.63, 3.8) is 0 Å². The summed E-state index contributed by atoms with van der Waals surface area (Å²) in [5.74, 6) is -1.86. The van der Waals surface area contributed by atoms with Gasteiger partial charge in [0.2, 0.25) is 0 Å². The summed E-state index contributed by atoms with van der Waals surface area (Å²) in [6, 6.07) is 13.3. The van der Waals surface area contributed by atoms with Crippen LogP contribution in [0.3, 0.4) is 0 Å². The van der Waals surface area contributed by atoms with Crippen LogP contribution in [0, 0.1) is 20.8 Å². The molecular formula is C24H22O5. The predicted octanol–water partition coefficient (Wildman–Crippen LogP) is 4.94. The standard InChI is InChI=1S/C24H22O5/c1-13-9-14(2)22-18(16-5-7-17(29-4)8-6-16)11-19(23(22)15(3)10-13)20(24(27)28)12-21(25)26/h5-12H,1-4H3,(H,25,26)(H,27,28). The monoisotopic (exact) mass is 390 g/mol. The fourth-order valence-electron chi connectivity index (χ4n) is 3.84. The Morgan fingerprint density at radius 2 is 1.48 bits per heavy atom. The summed E-state index contributed by atoms with van der Waals surface area (Å²) in [5.41, 5.74) is 6.48. The third kappa shape index (κ3) is 3.85. The highest BCUT2D eigenvalue weighted by Gasteiger charge is 2.26. The van der Waals surface area contributed by atoms with Crippen LogP contribution in [0.5, 0.6) is 5.75 Å². The molecule has 0 heterocycles. The van der Waals surface area contributed by atoms with Crippen LogP contribution in [0.25, 0.3) is 27.8 Å². The van der Waals surface area contributed by atoms with Gasteiger partial charge in [-0.05, 0) is 77.9 Å². The van der Waals surface area contributed by atoms with Crippen LogP contribution in [-0.2, 0) is 9.59 Å². The van der Waals surface area contributed by atoms with Gasteiger partial charge in [-0.3, -0.25) is 0 Å². The Morgan fingerprint density at radius 1 is 0.897 bits per heavy atom. The first-order valence-corrected chi connectivity index (χ1v) is 9.10. The molecule has 0 radical (unpaired) electrons. The Bertz CT molecular complexity index is 1110. The zero-order valence-corrected chi connectivity index (χ0v) is 16.7. The summed E-state index contributed by atoms with van der Waals surface area (Å²) in [4.78, 5) is 23.2. The van der Waals surface area contributed by atoms with E-state index >= 15 is 0 Å². The van der Waals surface area contributed by atoms with Crippen molar-refractivity contribution in [2.45, 2.75) is 20.8 Å². The lowest BCUT2D eigenvalue weighted by atomic mass is 9.94. The molecular weight excluding hydrogens is 368 g/mol. The Kier molecular flexibility index (Phi) is 5.41. The van der Waals surface area contributed by atoms with Gasteiger partial charge in [0.1, 0.15) is 5.75 Å². The van der Waals surface area contributed by atoms with Crippen molar-refractivity contribution in [1.29, 1.82) is 0 Å². The summed E-state index contributed by atoms with van der Waals surface area (Å²) in [7, 11) is 1.59. The largest absolute Gasteiger partial charge is 0.497 e. The molecule has 0 fully saturated rings. The van der Waals surface area contributed by atoms with Gasteiger partial charge in [0.05, 0.1) is 12.7 Å². The maximum atomic E-state index is 11.9. The van der Waals surface area contributed by atoms with Crippen LogP contribution >= 0.6 is 0 Å². The summed E-state index contributed by atoms with van der Waals surface area (Å²) in [5, 5.41) is 18.9. The number of aryl methyl sites for hydroxylation is 3. The van der Waals surface area contributed by atoms with Crippen LogP contribution in [0.4, 0.5) is 0 Å². The van der Waals surface area contributed by atoms with Crippen LogP contribution < -0.4 is 4.74 Å². The molecule has 5 nitrogen and oxygen atoms in total. The molecule has 0 spiro atoms. The number of hydrogen-bond donors (Lipinski definition) is 2. The fourth-order valence-corrected chi connectivity index (χ4v) is 3.84. The molecule has 0 amide bonds. The maximum Gasteiger partial charge on any atom is 0.336 e. The zero-order chi connectivity index (χ0) is 21.3. The summed E-state index contributed by atoms with van der Waals surface area (Å²) in [6.45, 7) is 5.88. The van der Waals surface area contributed by atoms with Crippen LogP contribution in [0.2, 0.25) is 0 Å². The van der Waals surface area contributed by atoms with E-state index in [2.05, 4.69) is 0 Å². The molecule has 1 aromatic rings. The first-order chi connectivity index (χ1) is 13.7. The molecule has 1 aromatic carbocycles. The van der Waals surface area contributed by atoms with Crippen molar-refractivity contribution in [2.75, 3.05) is 7.11 Å². The van der Waals surface area contributed by atoms with Gasteiger partial charge >= 0.3 is 11.9 Å². The van der Waals surface area contributed by atoms with E-state index in [-0.39, 0.29) is 5.57 Å². The van der Waals surface area contributed by atoms with Crippen LogP contribution in [0.1, 0.15) is 22.3 Å². The lowest BCUT2D eigenvalue weighted by Crippen LogP contribution is -2.03. The molecule has 2 N–H and O–H groups in total. The molecule has 0 unspecified atom stereocenters. The van der Waals surface area contributed by atoms with E-state index < -0.39 is 11.9 Å². The molecule has 2 aliphatic rings. The quantitative estimate of drug-likeness (QED) is 0.603. The number of fused-ring (bicyclic) bond motifs is 1. The summed E-state index contributed by atoms with van der Waals surface area (Å²) < 4.78 is 5.23. The summed E-state index contributed by atoms with van der Waals surface area (Å²) >= 11 is 0. The van der Waals surface area contributed by atoms with Gasteiger partial charge in [-0.1, -0.05) is 29.8 Å². The highest BCUT2D eigenvalue weighted by Crippen LogP contribution is 2.45. The van der Waals surface area contributed by atoms with Gasteiger partial charge < -0.3 is 14.9 Å². The SMILES string of the molecule is COc1ccc(-c2cc(C(=CC(=O)O)C(=O)O)c3c(C)cc(C)cc(C)c2-3)cc1. The smallest absolute Gasteiger partial charge is 0.336 e. The maximum absolute atomic E-state index is 11.9. The molecule has 2 aliphatic carbocycles. The minimum atomic E-state index is -1.30. The van der Waals surface area contributed by atoms with Crippen molar-refractivity contribution in [3.05, 3.63) is 70.8 Å². The first-order valence-electron chi connectivity index (χ1n) is 9.10. The Balaban J connectivity index is 2.42. The van der Waals surface area contributed by atoms with E-state index in [1.807, 2.05) is 57.2 Å². The predicted molar refractivity (Wildman–Crippen MR) is 113 cm³/mol. The minimum absolute atomic E-state index is 0.242. The average molecular weight is 390 g/mol. The molecule has 5 heteroatoms. The van der Waals surface area contributed by atoms with E-state index in [0.717, 1.165) is 50.8 Å². The molecule has 0 atom stereocenters. The van der Waals surface area contributed by atoms with Gasteiger partial charge in [-0.2, -0.15) is 0 Å². The number of benzene rings is 1. The van der Waals surface area contributed by atoms with Gasteiger partial charge in [0, 0.05) is 6.08 Å². The Hall–Kier alpha value is -3.60. The van der Waals surface area contributed by atoms with Crippen LogP contribution in [-0.4, -0.2) is 29.3 Å². The normalized spacial score (nSPS) is 11.5. The second-order valence-corrected chi connectivity index (χ2v) is 7.05. The number of hydrogen-bond acceptors (Lipinski definition) is 3. The van der Waals surface area contributed by atoms with Crippen molar-refractivity contribution >= 4 is 17.5 Å². The third-order valence-electron chi connectivity index (χ3n) is 4.94. The number of carboxylic acid groups (broad SMARTS) is 2. The fraction of sp³-hybridized carbons (Fsp3) is 0.167. The van der Waals surface area contributed by atoms with Crippen molar-refractivity contribution in [1.82, 2.24) is 0 Å². The highest BCUT2D eigenvalue weighted by molar-refractivity contribution is 6.22. The van der Waals surface area contributed by atoms with Gasteiger partial charge in [-0.15, -0.1) is 0 Å². The number of carboxylic acids is 2. The van der Waals surface area contributed by atoms with Crippen LogP contribution in [0.15, 0.2) is 48.5 Å². The van der Waals surface area contributed by atoms with Gasteiger partial charge in [0.15, 0.2) is 0 Å². The van der Waals surface area contributed by atoms with E-state index in [0.29, 0.717) is 5.56 Å². The Morgan fingerprint density at radius 3 is 2.00 bits per heavy atom. The number of carbonyl (C=O) groups is 2. The van der Waals surface area contributed by atoms with E-state index in [1.54, 1.807) is 13.2 Å². The molecule has 0 saturated carbocycles. The Labute approximate surface area is 169 Å². The van der Waals surface area contributed by atoms with Crippen molar-refractivity contribution < 1.29 is 24.5 Å². The van der Waals surface area contributed by atoms with E-state index in [1.165, 1.54) is 0 Å². The van der Waals surface area contributed by atoms with Gasteiger partial charge in [0.25, 0.3) is 0 Å². The number of methoxy groups -OCH3 is 1. The summed E-state index contributed by atoms with van der Waals surface area (Å²) in [6.07, 6.45) is 0.754. The third-order valence-corrected chi connectivity index (χ3v) is 4.94. The highest BCUT2D eigenvalue weighted by atomic mass is 16.5. The number of ether oxygens (including phenoxy) is 1. The molecule has 0 aromatic heterocycles. The lowest BCUT2D eigenvalue weighted by molar-refractivity contribution is -0.133. The second kappa shape index (κ2) is 7.80. The number of aliphatic carboxylic acids is 2. The molecule has 3 rings (SSSR count). The van der Waals surface area contributed by atoms with Crippen molar-refractivity contribution in [2.24, 2.45) is 0 Å². The molecule has 0 saturated heterocycles. The minimum Gasteiger partial charge on any atom is -0.497 e. The molecule has 0 bridgehead atoms. The topological polar surface area (TPSA) is 83.8 Å². The lowest BCUT2D eigenvalue weighted by Gasteiger charge is -2.09.